The second kappa shape index (κ2) is 5.85. The number of H-pyrrole nitrogens is 1. The number of rotatable bonds is 3. The fourth-order valence-electron chi connectivity index (χ4n) is 3.17. The Morgan fingerprint density at radius 1 is 1.12 bits per heavy atom. The highest BCUT2D eigenvalue weighted by atomic mass is 16.3. The summed E-state index contributed by atoms with van der Waals surface area (Å²) in [5.41, 5.74) is 2.62. The molecule has 3 aromatic rings. The lowest BCUT2D eigenvalue weighted by molar-refractivity contribution is 0.0935. The summed E-state index contributed by atoms with van der Waals surface area (Å²) in [6.07, 6.45) is 3.33. The number of fused-ring (bicyclic) bond motifs is 1. The van der Waals surface area contributed by atoms with Gasteiger partial charge in [0.25, 0.3) is 11.5 Å². The summed E-state index contributed by atoms with van der Waals surface area (Å²) in [5, 5.41) is 2.96. The number of benzene rings is 1. The molecule has 1 aliphatic rings. The third-order valence-electron chi connectivity index (χ3n) is 4.38. The van der Waals surface area contributed by atoms with Gasteiger partial charge in [-0.05, 0) is 48.2 Å². The van der Waals surface area contributed by atoms with Gasteiger partial charge in [0.05, 0.1) is 18.0 Å². The van der Waals surface area contributed by atoms with Gasteiger partial charge in [-0.25, -0.2) is 0 Å². The summed E-state index contributed by atoms with van der Waals surface area (Å²) in [4.78, 5) is 27.4. The highest BCUT2D eigenvalue weighted by molar-refractivity contribution is 5.94. The first-order valence-electron chi connectivity index (χ1n) is 7.88. The highest BCUT2D eigenvalue weighted by Crippen LogP contribution is 2.30. The second-order valence-electron chi connectivity index (χ2n) is 5.86. The lowest BCUT2D eigenvalue weighted by Gasteiger charge is -2.14. The number of hydrogen-bond donors (Lipinski definition) is 2. The second-order valence-corrected chi connectivity index (χ2v) is 5.86. The van der Waals surface area contributed by atoms with E-state index in [0.29, 0.717) is 11.5 Å². The molecule has 4 rings (SSSR count). The standard InChI is InChI=1S/C19H16N2O3/c22-18(20-15-9-7-12-4-1-2-5-13(12)15)14-8-10-16(21-19(14)23)17-6-3-11-24-17/h1-6,8,10-11,15H,7,9H2,(H,20,22)(H,21,23)/t15-/m0/s1. The van der Waals surface area contributed by atoms with E-state index in [-0.39, 0.29) is 17.5 Å². The van der Waals surface area contributed by atoms with Gasteiger partial charge in [0.2, 0.25) is 0 Å². The van der Waals surface area contributed by atoms with Crippen molar-refractivity contribution >= 4 is 5.91 Å². The number of amides is 1. The van der Waals surface area contributed by atoms with Crippen LogP contribution in [0, 0.1) is 0 Å². The van der Waals surface area contributed by atoms with Crippen LogP contribution >= 0.6 is 0 Å². The first kappa shape index (κ1) is 14.5. The summed E-state index contributed by atoms with van der Waals surface area (Å²) >= 11 is 0. The molecule has 0 radical (unpaired) electrons. The molecule has 0 aliphatic heterocycles. The number of carbonyl (C=O) groups is 1. The van der Waals surface area contributed by atoms with Crippen molar-refractivity contribution < 1.29 is 9.21 Å². The van der Waals surface area contributed by atoms with E-state index in [1.165, 1.54) is 17.9 Å². The van der Waals surface area contributed by atoms with Crippen LogP contribution in [-0.2, 0) is 6.42 Å². The van der Waals surface area contributed by atoms with E-state index in [1.807, 2.05) is 18.2 Å². The molecule has 2 heterocycles. The number of nitrogens with one attached hydrogen (secondary N) is 2. The molecule has 0 saturated carbocycles. The van der Waals surface area contributed by atoms with Crippen LogP contribution in [0.4, 0.5) is 0 Å². The molecule has 5 heteroatoms. The molecule has 2 aromatic heterocycles. The number of aryl methyl sites for hydroxylation is 1. The summed E-state index contributed by atoms with van der Waals surface area (Å²) in [6, 6.07) is 14.7. The number of aromatic nitrogens is 1. The number of furan rings is 1. The highest BCUT2D eigenvalue weighted by Gasteiger charge is 2.24. The van der Waals surface area contributed by atoms with E-state index >= 15 is 0 Å². The van der Waals surface area contributed by atoms with Crippen LogP contribution in [0.2, 0.25) is 0 Å². The van der Waals surface area contributed by atoms with Gasteiger partial charge in [0.1, 0.15) is 11.3 Å². The largest absolute Gasteiger partial charge is 0.463 e. The van der Waals surface area contributed by atoms with Crippen molar-refractivity contribution in [2.24, 2.45) is 0 Å². The first-order chi connectivity index (χ1) is 11.7. The van der Waals surface area contributed by atoms with Gasteiger partial charge in [0, 0.05) is 0 Å². The van der Waals surface area contributed by atoms with E-state index in [9.17, 15) is 9.59 Å². The fourth-order valence-corrected chi connectivity index (χ4v) is 3.17. The molecule has 0 unspecified atom stereocenters. The minimum absolute atomic E-state index is 0.0437. The maximum atomic E-state index is 12.5. The molecular weight excluding hydrogens is 304 g/mol. The topological polar surface area (TPSA) is 75.1 Å². The van der Waals surface area contributed by atoms with E-state index < -0.39 is 5.56 Å². The number of hydrogen-bond acceptors (Lipinski definition) is 3. The van der Waals surface area contributed by atoms with Crippen LogP contribution in [0.25, 0.3) is 11.5 Å². The Balaban J connectivity index is 1.56. The molecule has 24 heavy (non-hydrogen) atoms. The average molecular weight is 320 g/mol. The summed E-state index contributed by atoms with van der Waals surface area (Å²) in [7, 11) is 0. The lowest BCUT2D eigenvalue weighted by atomic mass is 10.1. The minimum Gasteiger partial charge on any atom is -0.463 e. The Bertz CT molecular complexity index is 941. The molecule has 0 bridgehead atoms. The number of aromatic amines is 1. The van der Waals surface area contributed by atoms with Crippen LogP contribution in [0.1, 0.15) is 33.9 Å². The van der Waals surface area contributed by atoms with Crippen molar-refractivity contribution in [3.8, 4) is 11.5 Å². The normalized spacial score (nSPS) is 15.9. The number of pyridine rings is 1. The smallest absolute Gasteiger partial charge is 0.261 e. The monoisotopic (exact) mass is 320 g/mol. The van der Waals surface area contributed by atoms with Crippen molar-refractivity contribution in [2.75, 3.05) is 0 Å². The van der Waals surface area contributed by atoms with Crippen LogP contribution < -0.4 is 10.9 Å². The Morgan fingerprint density at radius 3 is 2.79 bits per heavy atom. The van der Waals surface area contributed by atoms with Gasteiger partial charge in [-0.3, -0.25) is 9.59 Å². The van der Waals surface area contributed by atoms with Crippen LogP contribution in [0.5, 0.6) is 0 Å². The molecule has 1 aliphatic carbocycles. The van der Waals surface area contributed by atoms with Crippen molar-refractivity contribution in [3.05, 3.63) is 81.8 Å². The predicted molar refractivity (Wildman–Crippen MR) is 89.7 cm³/mol. The molecule has 1 amide bonds. The first-order valence-corrected chi connectivity index (χ1v) is 7.88. The minimum atomic E-state index is -0.423. The quantitative estimate of drug-likeness (QED) is 0.779. The lowest BCUT2D eigenvalue weighted by Crippen LogP contribution is -2.31. The van der Waals surface area contributed by atoms with Gasteiger partial charge < -0.3 is 14.7 Å². The van der Waals surface area contributed by atoms with Gasteiger partial charge >= 0.3 is 0 Å². The third kappa shape index (κ3) is 2.54. The third-order valence-corrected chi connectivity index (χ3v) is 4.38. The van der Waals surface area contributed by atoms with E-state index in [2.05, 4.69) is 16.4 Å². The molecule has 0 spiro atoms. The summed E-state index contributed by atoms with van der Waals surface area (Å²) in [5.74, 6) is 0.202. The molecule has 0 fully saturated rings. The predicted octanol–water partition coefficient (Wildman–Crippen LogP) is 3.05. The van der Waals surface area contributed by atoms with E-state index in [0.717, 1.165) is 18.4 Å². The Labute approximate surface area is 138 Å². The van der Waals surface area contributed by atoms with Crippen molar-refractivity contribution in [1.29, 1.82) is 0 Å². The summed E-state index contributed by atoms with van der Waals surface area (Å²) in [6.45, 7) is 0. The maximum Gasteiger partial charge on any atom is 0.261 e. The fraction of sp³-hybridized carbons (Fsp3) is 0.158. The molecular formula is C19H16N2O3. The average Bonchev–Trinajstić information content (AvgIpc) is 3.25. The van der Waals surface area contributed by atoms with Gasteiger partial charge in [-0.2, -0.15) is 0 Å². The zero-order chi connectivity index (χ0) is 16.5. The van der Waals surface area contributed by atoms with Crippen molar-refractivity contribution in [2.45, 2.75) is 18.9 Å². The Kier molecular flexibility index (Phi) is 3.54. The maximum absolute atomic E-state index is 12.5. The van der Waals surface area contributed by atoms with E-state index in [1.54, 1.807) is 18.2 Å². The molecule has 1 aromatic carbocycles. The zero-order valence-corrected chi connectivity index (χ0v) is 12.9. The molecule has 2 N–H and O–H groups in total. The summed E-state index contributed by atoms with van der Waals surface area (Å²) < 4.78 is 5.25. The van der Waals surface area contributed by atoms with E-state index in [4.69, 9.17) is 4.42 Å². The Morgan fingerprint density at radius 2 is 2.00 bits per heavy atom. The molecule has 0 saturated heterocycles. The van der Waals surface area contributed by atoms with Gasteiger partial charge in [0.15, 0.2) is 0 Å². The zero-order valence-electron chi connectivity index (χ0n) is 12.9. The van der Waals surface area contributed by atoms with Crippen molar-refractivity contribution in [3.63, 3.8) is 0 Å². The number of carbonyl (C=O) groups excluding carboxylic acids is 1. The SMILES string of the molecule is O=C(N[C@H]1CCc2ccccc21)c1ccc(-c2ccco2)[nH]c1=O. The van der Waals surface area contributed by atoms with Crippen LogP contribution in [-0.4, -0.2) is 10.9 Å². The van der Waals surface area contributed by atoms with Gasteiger partial charge in [-0.1, -0.05) is 24.3 Å². The Hall–Kier alpha value is -3.08. The van der Waals surface area contributed by atoms with Crippen LogP contribution in [0.15, 0.2) is 64.0 Å². The molecule has 120 valence electrons. The van der Waals surface area contributed by atoms with Gasteiger partial charge in [-0.15, -0.1) is 0 Å². The molecule has 5 nitrogen and oxygen atoms in total. The van der Waals surface area contributed by atoms with Crippen molar-refractivity contribution in [1.82, 2.24) is 10.3 Å². The molecule has 1 atom stereocenters. The van der Waals surface area contributed by atoms with Crippen LogP contribution in [0.3, 0.4) is 0 Å².